The quantitative estimate of drug-likeness (QED) is 0.121. The van der Waals surface area contributed by atoms with E-state index in [9.17, 15) is 0 Å². The molecule has 6 heteroatoms. The third-order valence-corrected chi connectivity index (χ3v) is 14.6. The second kappa shape index (κ2) is 24.0. The van der Waals surface area contributed by atoms with Gasteiger partial charge in [0.15, 0.2) is 0 Å². The molecule has 0 aliphatic rings. The summed E-state index contributed by atoms with van der Waals surface area (Å²) in [5, 5.41) is 3.76. The van der Waals surface area contributed by atoms with Crippen molar-refractivity contribution in [3.63, 3.8) is 0 Å². The number of aromatic nitrogens is 3. The number of benzene rings is 6. The smallest absolute Gasteiger partial charge is 0.145 e. The van der Waals surface area contributed by atoms with E-state index in [1.807, 2.05) is 36.7 Å². The van der Waals surface area contributed by atoms with Crippen LogP contribution in [-0.4, -0.2) is 23.0 Å². The minimum absolute atomic E-state index is 0. The molecule has 4 aromatic heterocycles. The summed E-state index contributed by atoms with van der Waals surface area (Å²) in [5.41, 5.74) is 17.0. The second-order valence-electron chi connectivity index (χ2n) is 20.5. The summed E-state index contributed by atoms with van der Waals surface area (Å²) in [5.74, 6) is 1.79. The van der Waals surface area contributed by atoms with Crippen LogP contribution in [0.5, 0.6) is 0 Å². The summed E-state index contributed by atoms with van der Waals surface area (Å²) >= 11 is 0. The van der Waals surface area contributed by atoms with Crippen LogP contribution in [0.25, 0.3) is 78.0 Å². The van der Waals surface area contributed by atoms with Crippen molar-refractivity contribution in [1.82, 2.24) is 15.0 Å². The maximum Gasteiger partial charge on any atom is 0.145 e. The van der Waals surface area contributed by atoms with Gasteiger partial charge < -0.3 is 4.42 Å². The number of para-hydroxylation sites is 1. The Morgan fingerprint density at radius 3 is 1.54 bits per heavy atom. The Hall–Kier alpha value is -6.56. The van der Waals surface area contributed by atoms with E-state index < -0.39 is 8.07 Å². The summed E-state index contributed by atoms with van der Waals surface area (Å²) in [6.45, 7) is 20.7. The van der Waals surface area contributed by atoms with E-state index in [2.05, 4.69) is 230 Å². The third-order valence-electron chi connectivity index (χ3n) is 12.6. The zero-order valence-corrected chi connectivity index (χ0v) is 46.2. The maximum absolute atomic E-state index is 6.75. The topological polar surface area (TPSA) is 51.8 Å². The molecule has 0 unspecified atom stereocenters. The Balaban J connectivity index is 0.000000171. The second-order valence-corrected chi connectivity index (χ2v) is 25.5. The fourth-order valence-electron chi connectivity index (χ4n) is 9.15. The summed E-state index contributed by atoms with van der Waals surface area (Å²) in [4.78, 5) is 13.9. The molecule has 10 rings (SSSR count). The molecule has 0 bridgehead atoms. The third kappa shape index (κ3) is 13.1. The zero-order valence-electron chi connectivity index (χ0n) is 42.8. The van der Waals surface area contributed by atoms with Gasteiger partial charge in [-0.25, -0.2) is 0 Å². The monoisotopic (exact) mass is 1130 g/mol. The molecule has 361 valence electrons. The van der Waals surface area contributed by atoms with Gasteiger partial charge >= 0.3 is 0 Å². The number of furan rings is 1. The SMILES string of the molecule is CC(C)Cc1cc(-c2ccccc2)ncc1[Si](C)(C)C.CC(C)Cc1ccnc(-c2ccccc2)c1.CC(C)c1ccnc(-c2ccc(-c3ccccc3)c3c2oc2c(-c4ccccc4)cccc23)c1.[Ir]. The molecular weight excluding hydrogens is 1060 g/mol. The van der Waals surface area contributed by atoms with Crippen LogP contribution in [0.4, 0.5) is 0 Å². The average molecular weight is 1130 g/mol. The minimum Gasteiger partial charge on any atom is -0.455 e. The largest absolute Gasteiger partial charge is 0.455 e. The van der Waals surface area contributed by atoms with Crippen LogP contribution in [0, 0.1) is 11.8 Å². The molecule has 4 heterocycles. The van der Waals surface area contributed by atoms with Crippen molar-refractivity contribution in [2.75, 3.05) is 0 Å². The first kappa shape index (κ1) is 52.3. The molecule has 0 spiro atoms. The predicted octanol–water partition coefficient (Wildman–Crippen LogP) is 17.5. The molecule has 0 amide bonds. The molecule has 0 atom stereocenters. The molecule has 0 aliphatic heterocycles. The van der Waals surface area contributed by atoms with Gasteiger partial charge in [-0.2, -0.15) is 0 Å². The molecule has 10 aromatic rings. The average Bonchev–Trinajstić information content (AvgIpc) is 3.77. The van der Waals surface area contributed by atoms with Crippen molar-refractivity contribution < 1.29 is 24.5 Å². The number of fused-ring (bicyclic) bond motifs is 3. The summed E-state index contributed by atoms with van der Waals surface area (Å²) in [7, 11) is -1.33. The van der Waals surface area contributed by atoms with Gasteiger partial charge in [0.05, 0.1) is 25.2 Å². The van der Waals surface area contributed by atoms with Gasteiger partial charge in [0.2, 0.25) is 0 Å². The normalized spacial score (nSPS) is 11.3. The fourth-order valence-corrected chi connectivity index (χ4v) is 10.7. The Kier molecular flexibility index (Phi) is 17.7. The van der Waals surface area contributed by atoms with Crippen LogP contribution in [0.15, 0.2) is 205 Å². The summed E-state index contributed by atoms with van der Waals surface area (Å²) in [6.07, 6.45) is 8.19. The van der Waals surface area contributed by atoms with E-state index in [-0.39, 0.29) is 20.1 Å². The van der Waals surface area contributed by atoms with Crippen molar-refractivity contribution in [2.45, 2.75) is 79.9 Å². The van der Waals surface area contributed by atoms with Gasteiger partial charge in [-0.1, -0.05) is 207 Å². The van der Waals surface area contributed by atoms with E-state index in [0.717, 1.165) is 68.6 Å². The molecule has 1 radical (unpaired) electrons. The zero-order chi connectivity index (χ0) is 49.2. The molecule has 0 fully saturated rings. The van der Waals surface area contributed by atoms with Gasteiger partial charge in [0, 0.05) is 71.7 Å². The number of pyridine rings is 3. The molecule has 71 heavy (non-hydrogen) atoms. The number of hydrogen-bond acceptors (Lipinski definition) is 4. The molecule has 6 aromatic carbocycles. The van der Waals surface area contributed by atoms with Crippen LogP contribution in [-0.2, 0) is 32.9 Å². The van der Waals surface area contributed by atoms with E-state index in [1.165, 1.54) is 44.1 Å². The number of rotatable bonds is 11. The first-order chi connectivity index (χ1) is 33.8. The van der Waals surface area contributed by atoms with Crippen LogP contribution in [0.2, 0.25) is 19.6 Å². The number of nitrogens with zero attached hydrogens (tertiary/aromatic N) is 3. The van der Waals surface area contributed by atoms with Crippen molar-refractivity contribution in [3.05, 3.63) is 217 Å². The molecular formula is C65H67IrN3OSi. The van der Waals surface area contributed by atoms with Crippen molar-refractivity contribution >= 4 is 35.2 Å². The molecule has 4 nitrogen and oxygen atoms in total. The van der Waals surface area contributed by atoms with Gasteiger partial charge in [-0.15, -0.1) is 0 Å². The fraction of sp³-hybridized carbons (Fsp3) is 0.215. The molecule has 0 N–H and O–H groups in total. The van der Waals surface area contributed by atoms with E-state index in [1.54, 1.807) is 0 Å². The van der Waals surface area contributed by atoms with Crippen LogP contribution in [0.1, 0.15) is 64.2 Å². The van der Waals surface area contributed by atoms with Crippen LogP contribution < -0.4 is 5.19 Å². The first-order valence-corrected chi connectivity index (χ1v) is 28.4. The summed E-state index contributed by atoms with van der Waals surface area (Å²) < 4.78 is 6.75. The Morgan fingerprint density at radius 1 is 0.451 bits per heavy atom. The van der Waals surface area contributed by atoms with Gasteiger partial charge in [-0.3, -0.25) is 15.0 Å². The van der Waals surface area contributed by atoms with Crippen molar-refractivity contribution in [3.8, 4) is 56.0 Å². The van der Waals surface area contributed by atoms with Crippen LogP contribution in [0.3, 0.4) is 0 Å². The Bertz CT molecular complexity index is 3270. The van der Waals surface area contributed by atoms with Gasteiger partial charge in [0.1, 0.15) is 11.2 Å². The first-order valence-electron chi connectivity index (χ1n) is 24.9. The standard InChI is InChI=1S/C32H25NO.C18H25NSi.C15H17N.Ir/c1-21(2)24-18-19-33-29(20-24)27-17-16-25(22-10-5-3-6-11-22)30-28-15-9-14-26(31(28)34-32(27)30)23-12-7-4-8-13-23;1-14(2)11-16-12-17(15-9-7-6-8-10-15)19-13-18(16)20(3,4)5;1-12(2)10-13-8-9-16-15(11-13)14-6-4-3-5-7-14;/h3-21H,1-2H3;6-10,12-14H,11H2,1-5H3;3-9,11-12H,10H2,1-2H3;. The number of hydrogen-bond donors (Lipinski definition) is 0. The minimum atomic E-state index is -1.33. The summed E-state index contributed by atoms with van der Waals surface area (Å²) in [6, 6.07) is 63.5. The molecule has 0 aliphatic carbocycles. The molecule has 0 saturated heterocycles. The van der Waals surface area contributed by atoms with Crippen molar-refractivity contribution in [2.24, 2.45) is 11.8 Å². The van der Waals surface area contributed by atoms with Crippen LogP contribution >= 0.6 is 0 Å². The Labute approximate surface area is 437 Å². The predicted molar refractivity (Wildman–Crippen MR) is 301 cm³/mol. The Morgan fingerprint density at radius 2 is 0.972 bits per heavy atom. The maximum atomic E-state index is 6.75. The molecule has 0 saturated carbocycles. The van der Waals surface area contributed by atoms with E-state index in [4.69, 9.17) is 14.4 Å². The van der Waals surface area contributed by atoms with Gasteiger partial charge in [-0.05, 0) is 106 Å². The van der Waals surface area contributed by atoms with E-state index >= 15 is 0 Å². The van der Waals surface area contributed by atoms with E-state index in [0.29, 0.717) is 17.8 Å². The van der Waals surface area contributed by atoms with Gasteiger partial charge in [0.25, 0.3) is 0 Å². The van der Waals surface area contributed by atoms with Crippen molar-refractivity contribution in [1.29, 1.82) is 0 Å².